The van der Waals surface area contributed by atoms with Gasteiger partial charge in [-0.3, -0.25) is 9.59 Å². The van der Waals surface area contributed by atoms with E-state index in [9.17, 15) is 14.7 Å². The first-order chi connectivity index (χ1) is 19.1. The van der Waals surface area contributed by atoms with Gasteiger partial charge in [-0.25, -0.2) is 9.97 Å². The summed E-state index contributed by atoms with van der Waals surface area (Å²) in [4.78, 5) is 38.4. The standard InChI is InChI=1S/C31H40N4O4/c1-2-22-18-32-31(33-19-22)34-16-13-23(14-17-34)21-39-28-11-9-25(10-12-28)24-5-7-26(8-6-24)29(37)30(38)35-15-3-4-27(35)20-36/h5,9-12,18-19,23,26-27,36H,2-4,6-8,13-17,20-21H2,1H3/t26?,27-/m1/s1. The lowest BCUT2D eigenvalue weighted by molar-refractivity contribution is -0.147. The molecule has 5 rings (SSSR count). The lowest BCUT2D eigenvalue weighted by Gasteiger charge is -2.31. The van der Waals surface area contributed by atoms with Gasteiger partial charge in [-0.15, -0.1) is 0 Å². The molecule has 2 aromatic rings. The van der Waals surface area contributed by atoms with Gasteiger partial charge in [0.1, 0.15) is 5.75 Å². The fourth-order valence-corrected chi connectivity index (χ4v) is 5.92. The normalized spacial score (nSPS) is 22.1. The molecule has 1 amide bonds. The number of likely N-dealkylation sites (tertiary alicyclic amines) is 1. The van der Waals surface area contributed by atoms with Crippen molar-refractivity contribution in [2.24, 2.45) is 11.8 Å². The first-order valence-electron chi connectivity index (χ1n) is 14.5. The van der Waals surface area contributed by atoms with Gasteiger partial charge in [0.05, 0.1) is 19.3 Å². The molecule has 1 aromatic heterocycles. The predicted octanol–water partition coefficient (Wildman–Crippen LogP) is 4.07. The summed E-state index contributed by atoms with van der Waals surface area (Å²) < 4.78 is 6.13. The molecule has 2 fully saturated rings. The lowest BCUT2D eigenvalue weighted by Crippen LogP contribution is -2.44. The topological polar surface area (TPSA) is 95.9 Å². The van der Waals surface area contributed by atoms with Gasteiger partial charge in [-0.05, 0) is 86.1 Å². The molecule has 8 heteroatoms. The zero-order valence-corrected chi connectivity index (χ0v) is 22.9. The maximum Gasteiger partial charge on any atom is 0.290 e. The van der Waals surface area contributed by atoms with Crippen molar-refractivity contribution >= 4 is 23.2 Å². The summed E-state index contributed by atoms with van der Waals surface area (Å²) in [6.45, 7) is 5.20. The Balaban J connectivity index is 1.07. The highest BCUT2D eigenvalue weighted by Gasteiger charge is 2.35. The number of hydrogen-bond donors (Lipinski definition) is 1. The van der Waals surface area contributed by atoms with E-state index in [4.69, 9.17) is 4.74 Å². The van der Waals surface area contributed by atoms with E-state index in [1.807, 2.05) is 24.5 Å². The van der Waals surface area contributed by atoms with Crippen molar-refractivity contribution in [1.29, 1.82) is 0 Å². The summed E-state index contributed by atoms with van der Waals surface area (Å²) in [7, 11) is 0. The fourth-order valence-electron chi connectivity index (χ4n) is 5.92. The number of hydrogen-bond acceptors (Lipinski definition) is 7. The summed E-state index contributed by atoms with van der Waals surface area (Å²) >= 11 is 0. The number of aromatic nitrogens is 2. The van der Waals surface area contributed by atoms with E-state index in [1.165, 1.54) is 5.57 Å². The second-order valence-electron chi connectivity index (χ2n) is 11.1. The number of aliphatic hydroxyl groups excluding tert-OH is 1. The van der Waals surface area contributed by atoms with Gasteiger partial charge in [0, 0.05) is 37.9 Å². The number of rotatable bonds is 9. The molecular formula is C31H40N4O4. The third kappa shape index (κ3) is 6.49. The number of carbonyl (C=O) groups excluding carboxylic acids is 2. The maximum atomic E-state index is 12.8. The fraction of sp³-hybridized carbons (Fsp3) is 0.548. The van der Waals surface area contributed by atoms with Crippen LogP contribution in [0.3, 0.4) is 0 Å². The lowest BCUT2D eigenvalue weighted by atomic mass is 9.84. The quantitative estimate of drug-likeness (QED) is 0.487. The maximum absolute atomic E-state index is 12.8. The third-order valence-electron chi connectivity index (χ3n) is 8.55. The molecule has 1 aliphatic carbocycles. The molecule has 1 aromatic carbocycles. The number of amides is 1. The van der Waals surface area contributed by atoms with Crippen LogP contribution < -0.4 is 9.64 Å². The highest BCUT2D eigenvalue weighted by Crippen LogP contribution is 2.32. The van der Waals surface area contributed by atoms with Gasteiger partial charge in [0.15, 0.2) is 0 Å². The molecule has 1 unspecified atom stereocenters. The number of Topliss-reactive ketones (excluding diaryl/α,β-unsaturated/α-hetero) is 1. The summed E-state index contributed by atoms with van der Waals surface area (Å²) in [6, 6.07) is 8.02. The Morgan fingerprint density at radius 1 is 1.03 bits per heavy atom. The Labute approximate surface area is 231 Å². The van der Waals surface area contributed by atoms with Crippen LogP contribution in [0.5, 0.6) is 5.75 Å². The molecule has 208 valence electrons. The van der Waals surface area contributed by atoms with E-state index in [2.05, 4.69) is 40.0 Å². The van der Waals surface area contributed by atoms with E-state index in [0.717, 1.165) is 74.4 Å². The minimum atomic E-state index is -0.417. The number of carbonyl (C=O) groups is 2. The largest absolute Gasteiger partial charge is 0.493 e. The number of piperidine rings is 1. The molecule has 2 saturated heterocycles. The van der Waals surface area contributed by atoms with Crippen molar-refractivity contribution in [3.05, 3.63) is 53.9 Å². The van der Waals surface area contributed by atoms with E-state index < -0.39 is 5.91 Å². The SMILES string of the molecule is CCc1cnc(N2CCC(COc3ccc(C4=CCC(C(=O)C(=O)N5CCC[C@@H]5CO)CC4)cc3)CC2)nc1. The van der Waals surface area contributed by atoms with Crippen LogP contribution in [0.4, 0.5) is 5.95 Å². The zero-order valence-electron chi connectivity index (χ0n) is 22.9. The van der Waals surface area contributed by atoms with Gasteiger partial charge < -0.3 is 19.6 Å². The number of allylic oxidation sites excluding steroid dienone is 2. The van der Waals surface area contributed by atoms with E-state index in [0.29, 0.717) is 31.9 Å². The molecule has 1 N–H and O–H groups in total. The average Bonchev–Trinajstić information content (AvgIpc) is 3.49. The first kappa shape index (κ1) is 27.3. The molecule has 2 atom stereocenters. The van der Waals surface area contributed by atoms with Crippen LogP contribution in [0, 0.1) is 11.8 Å². The van der Waals surface area contributed by atoms with Crippen LogP contribution in [0.15, 0.2) is 42.7 Å². The minimum absolute atomic E-state index is 0.0732. The minimum Gasteiger partial charge on any atom is -0.493 e. The number of anilines is 1. The summed E-state index contributed by atoms with van der Waals surface area (Å²) in [5.74, 6) is 1.23. The Morgan fingerprint density at radius 3 is 2.41 bits per heavy atom. The summed E-state index contributed by atoms with van der Waals surface area (Å²) in [5, 5.41) is 9.49. The van der Waals surface area contributed by atoms with Crippen molar-refractivity contribution in [2.45, 2.75) is 64.3 Å². The number of benzene rings is 1. The second-order valence-corrected chi connectivity index (χ2v) is 11.1. The van der Waals surface area contributed by atoms with E-state index in [-0.39, 0.29) is 24.3 Å². The van der Waals surface area contributed by atoms with Crippen molar-refractivity contribution in [3.8, 4) is 5.75 Å². The first-order valence-corrected chi connectivity index (χ1v) is 14.5. The van der Waals surface area contributed by atoms with Crippen molar-refractivity contribution in [3.63, 3.8) is 0 Å². The monoisotopic (exact) mass is 532 g/mol. The Kier molecular flexibility index (Phi) is 8.91. The Morgan fingerprint density at radius 2 is 1.77 bits per heavy atom. The molecule has 2 aliphatic heterocycles. The smallest absolute Gasteiger partial charge is 0.290 e. The second kappa shape index (κ2) is 12.7. The van der Waals surface area contributed by atoms with Gasteiger partial charge >= 0.3 is 0 Å². The summed E-state index contributed by atoms with van der Waals surface area (Å²) in [6.07, 6.45) is 12.7. The number of ketones is 1. The van der Waals surface area contributed by atoms with E-state index in [1.54, 1.807) is 4.90 Å². The van der Waals surface area contributed by atoms with Gasteiger partial charge in [-0.1, -0.05) is 25.1 Å². The average molecular weight is 533 g/mol. The van der Waals surface area contributed by atoms with Crippen LogP contribution >= 0.6 is 0 Å². The molecule has 0 bridgehead atoms. The van der Waals surface area contributed by atoms with Gasteiger partial charge in [0.25, 0.3) is 5.91 Å². The molecule has 0 spiro atoms. The molecule has 0 saturated carbocycles. The van der Waals surface area contributed by atoms with Gasteiger partial charge in [0.2, 0.25) is 11.7 Å². The van der Waals surface area contributed by atoms with Crippen molar-refractivity contribution in [1.82, 2.24) is 14.9 Å². The number of ether oxygens (including phenoxy) is 1. The van der Waals surface area contributed by atoms with Crippen LogP contribution in [0.2, 0.25) is 0 Å². The molecule has 3 aliphatic rings. The highest BCUT2D eigenvalue weighted by molar-refractivity contribution is 6.37. The number of nitrogens with zero attached hydrogens (tertiary/aromatic N) is 4. The van der Waals surface area contributed by atoms with Gasteiger partial charge in [-0.2, -0.15) is 0 Å². The molecular weight excluding hydrogens is 492 g/mol. The molecule has 0 radical (unpaired) electrons. The number of aliphatic hydroxyl groups is 1. The number of aryl methyl sites for hydroxylation is 1. The van der Waals surface area contributed by atoms with Crippen LogP contribution in [-0.2, 0) is 16.0 Å². The Hall–Kier alpha value is -3.26. The third-order valence-corrected chi connectivity index (χ3v) is 8.55. The van der Waals surface area contributed by atoms with Crippen LogP contribution in [0.25, 0.3) is 5.57 Å². The summed E-state index contributed by atoms with van der Waals surface area (Å²) in [5.41, 5.74) is 3.52. The molecule has 8 nitrogen and oxygen atoms in total. The van der Waals surface area contributed by atoms with Crippen LogP contribution in [-0.4, -0.2) is 70.6 Å². The Bertz CT molecular complexity index is 1160. The van der Waals surface area contributed by atoms with E-state index >= 15 is 0 Å². The zero-order chi connectivity index (χ0) is 27.2. The molecule has 3 heterocycles. The predicted molar refractivity (Wildman–Crippen MR) is 150 cm³/mol. The highest BCUT2D eigenvalue weighted by atomic mass is 16.5. The van der Waals surface area contributed by atoms with Crippen molar-refractivity contribution in [2.75, 3.05) is 37.7 Å². The molecule has 39 heavy (non-hydrogen) atoms. The van der Waals surface area contributed by atoms with Crippen molar-refractivity contribution < 1.29 is 19.4 Å². The van der Waals surface area contributed by atoms with Crippen LogP contribution in [0.1, 0.15) is 63.0 Å².